The van der Waals surface area contributed by atoms with Crippen LogP contribution in [0.3, 0.4) is 0 Å². The number of nitrogens with two attached hydrogens (primary N) is 1. The Morgan fingerprint density at radius 2 is 2.21 bits per heavy atom. The highest BCUT2D eigenvalue weighted by Crippen LogP contribution is 2.39. The summed E-state index contributed by atoms with van der Waals surface area (Å²) in [5.41, 5.74) is 5.60. The van der Waals surface area contributed by atoms with Crippen LogP contribution in [0.15, 0.2) is 35.3 Å². The van der Waals surface area contributed by atoms with E-state index in [1.54, 1.807) is 0 Å². The number of anilines is 2. The standard InChI is InChI=1S/C12H12N4O3/c13-5-6-18-16-11-10(7-14-12(16)17)19-9-4-2-1-3-8(9)15-11/h1-4,7,15H,5-6,13H2. The van der Waals surface area contributed by atoms with Crippen LogP contribution < -0.4 is 26.3 Å². The molecule has 7 heteroatoms. The van der Waals surface area contributed by atoms with Gasteiger partial charge in [0.25, 0.3) is 0 Å². The van der Waals surface area contributed by atoms with Crippen LogP contribution in [0.4, 0.5) is 11.5 Å². The summed E-state index contributed by atoms with van der Waals surface area (Å²) < 4.78 is 6.71. The number of nitrogens with one attached hydrogen (secondary N) is 1. The lowest BCUT2D eigenvalue weighted by molar-refractivity contribution is 0.108. The van der Waals surface area contributed by atoms with Crippen molar-refractivity contribution in [3.8, 4) is 11.5 Å². The van der Waals surface area contributed by atoms with E-state index in [2.05, 4.69) is 10.3 Å². The molecule has 2 aromatic rings. The number of hydrogen-bond acceptors (Lipinski definition) is 6. The summed E-state index contributed by atoms with van der Waals surface area (Å²) in [6.45, 7) is 0.509. The number of nitrogens with zero attached hydrogens (tertiary/aromatic N) is 2. The Balaban J connectivity index is 2.05. The first-order chi connectivity index (χ1) is 9.29. The highest BCUT2D eigenvalue weighted by molar-refractivity contribution is 5.72. The fourth-order valence-corrected chi connectivity index (χ4v) is 1.78. The third kappa shape index (κ3) is 2.00. The van der Waals surface area contributed by atoms with Crippen LogP contribution >= 0.6 is 0 Å². The fraction of sp³-hybridized carbons (Fsp3) is 0.167. The van der Waals surface area contributed by atoms with Crippen LogP contribution in [0, 0.1) is 0 Å². The summed E-state index contributed by atoms with van der Waals surface area (Å²) in [6, 6.07) is 7.39. The normalized spacial score (nSPS) is 11.8. The molecule has 98 valence electrons. The van der Waals surface area contributed by atoms with Crippen molar-refractivity contribution in [2.45, 2.75) is 0 Å². The number of aromatic nitrogens is 2. The Morgan fingerprint density at radius 1 is 1.37 bits per heavy atom. The molecular weight excluding hydrogens is 248 g/mol. The van der Waals surface area contributed by atoms with Crippen molar-refractivity contribution in [2.24, 2.45) is 5.73 Å². The first-order valence-corrected chi connectivity index (χ1v) is 5.79. The SMILES string of the molecule is NCCOn1c2c(cnc1=O)Oc1ccccc1N2. The summed E-state index contributed by atoms with van der Waals surface area (Å²) in [6.07, 6.45) is 1.36. The molecule has 0 spiro atoms. The maximum Gasteiger partial charge on any atom is 0.382 e. The Hall–Kier alpha value is -2.54. The molecule has 0 amide bonds. The molecule has 0 unspecified atom stereocenters. The van der Waals surface area contributed by atoms with Crippen LogP contribution in [0.1, 0.15) is 0 Å². The van der Waals surface area contributed by atoms with Gasteiger partial charge in [-0.3, -0.25) is 0 Å². The van der Waals surface area contributed by atoms with Crippen LogP contribution in [0.5, 0.6) is 11.5 Å². The summed E-state index contributed by atoms with van der Waals surface area (Å²) in [4.78, 5) is 20.7. The maximum atomic E-state index is 11.7. The largest absolute Gasteiger partial charge is 0.450 e. The molecule has 3 N–H and O–H groups in total. The van der Waals surface area contributed by atoms with Gasteiger partial charge in [0.2, 0.25) is 0 Å². The summed E-state index contributed by atoms with van der Waals surface area (Å²) in [5.74, 6) is 1.50. The lowest BCUT2D eigenvalue weighted by Gasteiger charge is -2.23. The van der Waals surface area contributed by atoms with E-state index < -0.39 is 5.69 Å². The molecular formula is C12H12N4O3. The smallest absolute Gasteiger partial charge is 0.382 e. The van der Waals surface area contributed by atoms with Crippen molar-refractivity contribution >= 4 is 11.5 Å². The molecule has 0 radical (unpaired) electrons. The fourth-order valence-electron chi connectivity index (χ4n) is 1.78. The van der Waals surface area contributed by atoms with Crippen LogP contribution in [-0.2, 0) is 0 Å². The second-order valence-corrected chi connectivity index (χ2v) is 3.89. The zero-order valence-corrected chi connectivity index (χ0v) is 10.00. The molecule has 1 aliphatic heterocycles. The van der Waals surface area contributed by atoms with E-state index in [9.17, 15) is 4.79 Å². The molecule has 3 rings (SSSR count). The topological polar surface area (TPSA) is 91.4 Å². The molecule has 7 nitrogen and oxygen atoms in total. The zero-order valence-electron chi connectivity index (χ0n) is 10.00. The van der Waals surface area contributed by atoms with Crippen molar-refractivity contribution in [1.29, 1.82) is 0 Å². The zero-order chi connectivity index (χ0) is 13.2. The van der Waals surface area contributed by atoms with Crippen molar-refractivity contribution in [3.63, 3.8) is 0 Å². The van der Waals surface area contributed by atoms with Gasteiger partial charge in [-0.15, -0.1) is 4.73 Å². The highest BCUT2D eigenvalue weighted by atomic mass is 16.7. The summed E-state index contributed by atoms with van der Waals surface area (Å²) in [5, 5.41) is 3.09. The lowest BCUT2D eigenvalue weighted by Crippen LogP contribution is -2.33. The summed E-state index contributed by atoms with van der Waals surface area (Å²) >= 11 is 0. The summed E-state index contributed by atoms with van der Waals surface area (Å²) in [7, 11) is 0. The van der Waals surface area contributed by atoms with Gasteiger partial charge in [-0.25, -0.2) is 4.79 Å². The minimum Gasteiger partial charge on any atom is -0.450 e. The Morgan fingerprint density at radius 3 is 3.05 bits per heavy atom. The first kappa shape index (κ1) is 11.5. The van der Waals surface area contributed by atoms with E-state index in [1.165, 1.54) is 6.20 Å². The average Bonchev–Trinajstić information content (AvgIpc) is 2.44. The van der Waals surface area contributed by atoms with E-state index in [4.69, 9.17) is 15.3 Å². The number of ether oxygens (including phenoxy) is 1. The van der Waals surface area contributed by atoms with Crippen LogP contribution in [0.2, 0.25) is 0 Å². The first-order valence-electron chi connectivity index (χ1n) is 5.79. The number of para-hydroxylation sites is 2. The van der Waals surface area contributed by atoms with Crippen molar-refractivity contribution in [1.82, 2.24) is 9.71 Å². The van der Waals surface area contributed by atoms with Crippen molar-refractivity contribution in [3.05, 3.63) is 40.9 Å². The Kier molecular flexibility index (Phi) is 2.81. The number of fused-ring (bicyclic) bond motifs is 2. The molecule has 2 heterocycles. The van der Waals surface area contributed by atoms with Crippen LogP contribution in [0.25, 0.3) is 0 Å². The molecule has 1 aromatic carbocycles. The van der Waals surface area contributed by atoms with Gasteiger partial charge < -0.3 is 20.6 Å². The predicted molar refractivity (Wildman–Crippen MR) is 68.8 cm³/mol. The van der Waals surface area contributed by atoms with Gasteiger partial charge in [0.1, 0.15) is 6.61 Å². The quantitative estimate of drug-likeness (QED) is 0.711. The molecule has 1 aromatic heterocycles. The Bertz CT molecular complexity index is 668. The molecule has 0 fully saturated rings. The van der Waals surface area contributed by atoms with Crippen molar-refractivity contribution < 1.29 is 9.57 Å². The van der Waals surface area contributed by atoms with Gasteiger partial charge in [0, 0.05) is 6.54 Å². The molecule has 19 heavy (non-hydrogen) atoms. The molecule has 0 bridgehead atoms. The number of rotatable bonds is 3. The van der Waals surface area contributed by atoms with E-state index in [0.717, 1.165) is 10.4 Å². The average molecular weight is 260 g/mol. The minimum absolute atomic E-state index is 0.210. The van der Waals surface area contributed by atoms with E-state index in [-0.39, 0.29) is 6.61 Å². The van der Waals surface area contributed by atoms with E-state index in [1.807, 2.05) is 24.3 Å². The third-order valence-electron chi connectivity index (χ3n) is 2.60. The second kappa shape index (κ2) is 4.62. The second-order valence-electron chi connectivity index (χ2n) is 3.89. The predicted octanol–water partition coefficient (Wildman–Crippen LogP) is 0.480. The van der Waals surface area contributed by atoms with E-state index in [0.29, 0.717) is 23.9 Å². The Labute approximate surface area is 108 Å². The van der Waals surface area contributed by atoms with Crippen molar-refractivity contribution in [2.75, 3.05) is 18.5 Å². The van der Waals surface area contributed by atoms with Crippen LogP contribution in [-0.4, -0.2) is 22.9 Å². The monoisotopic (exact) mass is 260 g/mol. The molecule has 0 aliphatic carbocycles. The minimum atomic E-state index is -0.525. The van der Waals surface area contributed by atoms with E-state index >= 15 is 0 Å². The van der Waals surface area contributed by atoms with Gasteiger partial charge in [-0.1, -0.05) is 12.1 Å². The van der Waals surface area contributed by atoms with Gasteiger partial charge in [-0.2, -0.15) is 4.98 Å². The third-order valence-corrected chi connectivity index (χ3v) is 2.60. The van der Waals surface area contributed by atoms with Gasteiger partial charge >= 0.3 is 5.69 Å². The highest BCUT2D eigenvalue weighted by Gasteiger charge is 2.21. The number of hydrogen-bond donors (Lipinski definition) is 2. The molecule has 1 aliphatic rings. The lowest BCUT2D eigenvalue weighted by atomic mass is 10.2. The van der Waals surface area contributed by atoms with Gasteiger partial charge in [-0.05, 0) is 12.1 Å². The maximum absolute atomic E-state index is 11.7. The molecule has 0 saturated carbocycles. The van der Waals surface area contributed by atoms with Gasteiger partial charge in [0.05, 0.1) is 11.9 Å². The number of benzene rings is 1. The molecule has 0 saturated heterocycles. The van der Waals surface area contributed by atoms with Gasteiger partial charge in [0.15, 0.2) is 17.3 Å². The molecule has 0 atom stereocenters.